The molecule has 0 radical (unpaired) electrons. The van der Waals surface area contributed by atoms with Crippen LogP contribution in [-0.4, -0.2) is 38.9 Å². The van der Waals surface area contributed by atoms with E-state index in [2.05, 4.69) is 20.6 Å². The van der Waals surface area contributed by atoms with E-state index in [-0.39, 0.29) is 5.91 Å². The molecule has 0 saturated carbocycles. The second-order valence-corrected chi connectivity index (χ2v) is 6.87. The van der Waals surface area contributed by atoms with Crippen LogP contribution in [0, 0.1) is 0 Å². The van der Waals surface area contributed by atoms with Crippen molar-refractivity contribution in [3.8, 4) is 22.9 Å². The molecule has 0 aliphatic rings. The van der Waals surface area contributed by atoms with Crippen LogP contribution in [0.25, 0.3) is 16.3 Å². The predicted octanol–water partition coefficient (Wildman–Crippen LogP) is 3.27. The number of benzene rings is 2. The molecule has 8 nitrogen and oxygen atoms in total. The number of hydrogen-bond acceptors (Lipinski definition) is 7. The Hall–Kier alpha value is -3.46. The van der Waals surface area contributed by atoms with E-state index in [1.807, 2.05) is 42.5 Å². The van der Waals surface area contributed by atoms with Gasteiger partial charge in [0.1, 0.15) is 11.5 Å². The highest BCUT2D eigenvalue weighted by molar-refractivity contribution is 7.20. The van der Waals surface area contributed by atoms with Crippen LogP contribution in [0.5, 0.6) is 11.5 Å². The van der Waals surface area contributed by atoms with Crippen molar-refractivity contribution in [1.29, 1.82) is 0 Å². The van der Waals surface area contributed by atoms with Gasteiger partial charge in [0.25, 0.3) is 5.91 Å². The minimum Gasteiger partial charge on any atom is -0.497 e. The Balaban J connectivity index is 1.50. The summed E-state index contributed by atoms with van der Waals surface area (Å²) in [6.07, 6.45) is -0.669. The van der Waals surface area contributed by atoms with E-state index >= 15 is 0 Å². The lowest BCUT2D eigenvalue weighted by Crippen LogP contribution is -2.30. The van der Waals surface area contributed by atoms with Crippen molar-refractivity contribution in [3.05, 3.63) is 54.6 Å². The van der Waals surface area contributed by atoms with E-state index < -0.39 is 6.10 Å². The minimum atomic E-state index is -0.669. The van der Waals surface area contributed by atoms with E-state index in [0.717, 1.165) is 11.3 Å². The van der Waals surface area contributed by atoms with Gasteiger partial charge in [-0.15, -0.1) is 15.3 Å². The van der Waals surface area contributed by atoms with Gasteiger partial charge in [0.15, 0.2) is 11.9 Å². The van der Waals surface area contributed by atoms with Crippen molar-refractivity contribution in [2.24, 2.45) is 0 Å². The third-order valence-corrected chi connectivity index (χ3v) is 4.81. The zero-order valence-electron chi connectivity index (χ0n) is 15.2. The summed E-state index contributed by atoms with van der Waals surface area (Å²) in [7, 11) is 1.61. The molecule has 4 rings (SSSR count). The largest absolute Gasteiger partial charge is 0.497 e. The third kappa shape index (κ3) is 3.65. The summed E-state index contributed by atoms with van der Waals surface area (Å²) >= 11 is 1.24. The molecule has 0 aliphatic heterocycles. The SMILES string of the molecule is COc1ccc(-c2nnc3sc(NC(=O)[C@@H](C)Oc4ccccc4)nn23)cc1. The number of nitrogens with zero attached hydrogens (tertiary/aromatic N) is 4. The Morgan fingerprint density at radius 1 is 1.07 bits per heavy atom. The average molecular weight is 395 g/mol. The van der Waals surface area contributed by atoms with Gasteiger partial charge in [0.2, 0.25) is 10.1 Å². The number of carbonyl (C=O) groups is 1. The Morgan fingerprint density at radius 2 is 1.82 bits per heavy atom. The summed E-state index contributed by atoms with van der Waals surface area (Å²) in [5, 5.41) is 15.9. The maximum Gasteiger partial charge on any atom is 0.266 e. The first-order chi connectivity index (χ1) is 13.6. The number of hydrogen-bond donors (Lipinski definition) is 1. The molecule has 1 amide bonds. The van der Waals surface area contributed by atoms with Crippen molar-refractivity contribution in [2.75, 3.05) is 12.4 Å². The molecule has 0 unspecified atom stereocenters. The van der Waals surface area contributed by atoms with Crippen molar-refractivity contribution in [1.82, 2.24) is 19.8 Å². The molecule has 0 aliphatic carbocycles. The maximum absolute atomic E-state index is 12.4. The lowest BCUT2D eigenvalue weighted by atomic mass is 10.2. The molecular formula is C19H17N5O3S. The monoisotopic (exact) mass is 395 g/mol. The van der Waals surface area contributed by atoms with Gasteiger partial charge in [-0.05, 0) is 43.3 Å². The maximum atomic E-state index is 12.4. The molecular weight excluding hydrogens is 378 g/mol. The van der Waals surface area contributed by atoms with Crippen molar-refractivity contribution < 1.29 is 14.3 Å². The first kappa shape index (κ1) is 17.9. The van der Waals surface area contributed by atoms with Gasteiger partial charge >= 0.3 is 0 Å². The molecule has 0 bridgehead atoms. The summed E-state index contributed by atoms with van der Waals surface area (Å²) in [6, 6.07) is 16.6. The number of ether oxygens (including phenoxy) is 2. The number of aromatic nitrogens is 4. The lowest BCUT2D eigenvalue weighted by molar-refractivity contribution is -0.122. The fourth-order valence-corrected chi connectivity index (χ4v) is 3.29. The Morgan fingerprint density at radius 3 is 2.54 bits per heavy atom. The molecule has 2 aromatic heterocycles. The summed E-state index contributed by atoms with van der Waals surface area (Å²) in [5.41, 5.74) is 0.845. The number of methoxy groups -OCH3 is 1. The molecule has 0 spiro atoms. The van der Waals surface area contributed by atoms with Crippen LogP contribution in [0.4, 0.5) is 5.13 Å². The molecule has 1 atom stereocenters. The molecule has 1 N–H and O–H groups in total. The molecule has 142 valence electrons. The number of amides is 1. The van der Waals surface area contributed by atoms with Gasteiger partial charge in [-0.25, -0.2) is 0 Å². The Bertz CT molecular complexity index is 1090. The van der Waals surface area contributed by atoms with Crippen molar-refractivity contribution in [2.45, 2.75) is 13.0 Å². The van der Waals surface area contributed by atoms with Gasteiger partial charge in [-0.3, -0.25) is 10.1 Å². The fourth-order valence-electron chi connectivity index (χ4n) is 2.55. The van der Waals surface area contributed by atoms with E-state index in [9.17, 15) is 4.79 Å². The Kier molecular flexibility index (Phi) is 4.90. The van der Waals surface area contributed by atoms with E-state index in [4.69, 9.17) is 9.47 Å². The summed E-state index contributed by atoms with van der Waals surface area (Å²) in [6.45, 7) is 1.69. The number of anilines is 1. The number of rotatable bonds is 6. The summed E-state index contributed by atoms with van der Waals surface area (Å²) in [4.78, 5) is 13.0. The van der Waals surface area contributed by atoms with Crippen LogP contribution in [0.1, 0.15) is 6.92 Å². The average Bonchev–Trinajstić information content (AvgIpc) is 3.29. The third-order valence-electron chi connectivity index (χ3n) is 3.99. The van der Waals surface area contributed by atoms with Crippen molar-refractivity contribution >= 4 is 27.3 Å². The van der Waals surface area contributed by atoms with E-state index in [1.165, 1.54) is 11.3 Å². The lowest BCUT2D eigenvalue weighted by Gasteiger charge is -2.13. The molecule has 4 aromatic rings. The topological polar surface area (TPSA) is 90.6 Å². The first-order valence-electron chi connectivity index (χ1n) is 8.53. The zero-order valence-corrected chi connectivity index (χ0v) is 16.0. The number of carbonyl (C=O) groups excluding carboxylic acids is 1. The van der Waals surface area contributed by atoms with Crippen LogP contribution in [0.15, 0.2) is 54.6 Å². The number of para-hydroxylation sites is 1. The van der Waals surface area contributed by atoms with Crippen LogP contribution in [-0.2, 0) is 4.79 Å². The summed E-state index contributed by atoms with van der Waals surface area (Å²) in [5.74, 6) is 1.68. The van der Waals surface area contributed by atoms with Crippen LogP contribution >= 0.6 is 11.3 Å². The predicted molar refractivity (Wildman–Crippen MR) is 106 cm³/mol. The number of fused-ring (bicyclic) bond motifs is 1. The normalized spacial score (nSPS) is 11.9. The highest BCUT2D eigenvalue weighted by Gasteiger charge is 2.19. The fraction of sp³-hybridized carbons (Fsp3) is 0.158. The molecule has 0 fully saturated rings. The first-order valence-corrected chi connectivity index (χ1v) is 9.35. The quantitative estimate of drug-likeness (QED) is 0.539. The van der Waals surface area contributed by atoms with Gasteiger partial charge in [-0.2, -0.15) is 4.52 Å². The van der Waals surface area contributed by atoms with E-state index in [1.54, 1.807) is 30.7 Å². The molecule has 28 heavy (non-hydrogen) atoms. The molecule has 2 heterocycles. The van der Waals surface area contributed by atoms with Gasteiger partial charge in [0.05, 0.1) is 7.11 Å². The standard InChI is InChI=1S/C19H17N5O3S/c1-12(27-15-6-4-3-5-7-15)17(25)20-18-23-24-16(21-22-19(24)28-18)13-8-10-14(26-2)11-9-13/h3-12H,1-2H3,(H,20,23,25)/t12-/m1/s1. The zero-order chi connectivity index (χ0) is 19.5. The highest BCUT2D eigenvalue weighted by Crippen LogP contribution is 2.25. The van der Waals surface area contributed by atoms with Gasteiger partial charge < -0.3 is 9.47 Å². The minimum absolute atomic E-state index is 0.292. The smallest absolute Gasteiger partial charge is 0.266 e. The van der Waals surface area contributed by atoms with Crippen LogP contribution < -0.4 is 14.8 Å². The van der Waals surface area contributed by atoms with Crippen LogP contribution in [0.3, 0.4) is 0 Å². The molecule has 2 aromatic carbocycles. The highest BCUT2D eigenvalue weighted by atomic mass is 32.1. The van der Waals surface area contributed by atoms with Gasteiger partial charge in [-0.1, -0.05) is 29.5 Å². The summed E-state index contributed by atoms with van der Waals surface area (Å²) < 4.78 is 12.4. The van der Waals surface area contributed by atoms with Crippen LogP contribution in [0.2, 0.25) is 0 Å². The second kappa shape index (κ2) is 7.65. The molecule has 0 saturated heterocycles. The Labute approximate surface area is 164 Å². The van der Waals surface area contributed by atoms with Crippen molar-refractivity contribution in [3.63, 3.8) is 0 Å². The number of nitrogens with one attached hydrogen (secondary N) is 1. The molecule has 9 heteroatoms. The van der Waals surface area contributed by atoms with Gasteiger partial charge in [0, 0.05) is 5.56 Å². The van der Waals surface area contributed by atoms with E-state index in [0.29, 0.717) is 21.7 Å². The second-order valence-electron chi connectivity index (χ2n) is 5.92.